The van der Waals surface area contributed by atoms with Gasteiger partial charge >= 0.3 is 0 Å². The Morgan fingerprint density at radius 1 is 0.933 bits per heavy atom. The minimum Gasteiger partial charge on any atom is -0.323 e. The molecule has 0 radical (unpaired) electrons. The first kappa shape index (κ1) is 22.2. The molecule has 3 aromatic carbocycles. The summed E-state index contributed by atoms with van der Waals surface area (Å²) in [6, 6.07) is 18.1. The van der Waals surface area contributed by atoms with Gasteiger partial charge in [0, 0.05) is 5.02 Å². The molecule has 0 unspecified atom stereocenters. The molecule has 0 aliphatic carbocycles. The molecule has 156 valence electrons. The lowest BCUT2D eigenvalue weighted by molar-refractivity contribution is -0.114. The summed E-state index contributed by atoms with van der Waals surface area (Å²) in [7, 11) is -3.98. The van der Waals surface area contributed by atoms with E-state index in [2.05, 4.69) is 5.32 Å². The first-order valence-electron chi connectivity index (χ1n) is 9.08. The zero-order valence-corrected chi connectivity index (χ0v) is 18.7. The van der Waals surface area contributed by atoms with Crippen LogP contribution in [0.2, 0.25) is 10.0 Å². The Balaban J connectivity index is 1.96. The van der Waals surface area contributed by atoms with E-state index in [4.69, 9.17) is 23.2 Å². The molecule has 0 saturated carbocycles. The van der Waals surface area contributed by atoms with Gasteiger partial charge in [-0.05, 0) is 61.9 Å². The molecular weight excluding hydrogens is 443 g/mol. The van der Waals surface area contributed by atoms with E-state index in [1.165, 1.54) is 18.2 Å². The van der Waals surface area contributed by atoms with Crippen LogP contribution in [-0.2, 0) is 14.8 Å². The van der Waals surface area contributed by atoms with Crippen molar-refractivity contribution < 1.29 is 13.2 Å². The number of rotatable bonds is 6. The van der Waals surface area contributed by atoms with Crippen LogP contribution in [0.1, 0.15) is 11.1 Å². The molecule has 1 N–H and O–H groups in total. The first-order chi connectivity index (χ1) is 14.2. The Bertz CT molecular complexity index is 1180. The molecule has 0 atom stereocenters. The molecule has 1 amide bonds. The van der Waals surface area contributed by atoms with E-state index in [9.17, 15) is 13.2 Å². The molecule has 30 heavy (non-hydrogen) atoms. The summed E-state index contributed by atoms with van der Waals surface area (Å²) in [5, 5.41) is 3.34. The molecule has 0 fully saturated rings. The average Bonchev–Trinajstić information content (AvgIpc) is 2.69. The van der Waals surface area contributed by atoms with Crippen LogP contribution in [-0.4, -0.2) is 20.9 Å². The van der Waals surface area contributed by atoms with Crippen molar-refractivity contribution >= 4 is 50.5 Å². The fourth-order valence-corrected chi connectivity index (χ4v) is 4.60. The molecule has 0 heterocycles. The van der Waals surface area contributed by atoms with Gasteiger partial charge in [0.05, 0.1) is 21.3 Å². The third kappa shape index (κ3) is 5.14. The SMILES string of the molecule is Cc1ccc(S(=O)(=O)N(CC(=O)Nc2cc(Cl)ccc2Cl)c2cccc(C)c2)cc1. The lowest BCUT2D eigenvalue weighted by Crippen LogP contribution is -2.38. The zero-order chi connectivity index (χ0) is 21.9. The summed E-state index contributed by atoms with van der Waals surface area (Å²) < 4.78 is 27.8. The van der Waals surface area contributed by atoms with Gasteiger partial charge in [0.1, 0.15) is 6.54 Å². The van der Waals surface area contributed by atoms with Crippen molar-refractivity contribution in [2.45, 2.75) is 18.7 Å². The summed E-state index contributed by atoms with van der Waals surface area (Å²) in [6.45, 7) is 3.30. The van der Waals surface area contributed by atoms with Crippen LogP contribution >= 0.6 is 23.2 Å². The number of halogens is 2. The van der Waals surface area contributed by atoms with Crippen molar-refractivity contribution in [3.8, 4) is 0 Å². The maximum absolute atomic E-state index is 13.4. The lowest BCUT2D eigenvalue weighted by atomic mass is 10.2. The highest BCUT2D eigenvalue weighted by molar-refractivity contribution is 7.92. The molecule has 3 rings (SSSR count). The van der Waals surface area contributed by atoms with E-state index in [0.29, 0.717) is 21.4 Å². The van der Waals surface area contributed by atoms with Crippen LogP contribution in [0.4, 0.5) is 11.4 Å². The van der Waals surface area contributed by atoms with Crippen LogP contribution in [0.25, 0.3) is 0 Å². The smallest absolute Gasteiger partial charge is 0.264 e. The molecule has 5 nitrogen and oxygen atoms in total. The molecule has 0 saturated heterocycles. The number of carbonyl (C=O) groups excluding carboxylic acids is 1. The molecule has 0 aliphatic rings. The fourth-order valence-electron chi connectivity index (χ4n) is 2.85. The maximum atomic E-state index is 13.4. The molecule has 0 bridgehead atoms. The third-order valence-electron chi connectivity index (χ3n) is 4.39. The largest absolute Gasteiger partial charge is 0.323 e. The number of nitrogens with one attached hydrogen (secondary N) is 1. The average molecular weight is 463 g/mol. The Morgan fingerprint density at radius 2 is 1.63 bits per heavy atom. The van der Waals surface area contributed by atoms with Gasteiger partial charge in [0.15, 0.2) is 0 Å². The summed E-state index contributed by atoms with van der Waals surface area (Å²) in [4.78, 5) is 12.9. The van der Waals surface area contributed by atoms with E-state index in [1.807, 2.05) is 19.9 Å². The Hall–Kier alpha value is -2.54. The number of benzene rings is 3. The minimum atomic E-state index is -3.98. The van der Waals surface area contributed by atoms with Crippen LogP contribution in [0.15, 0.2) is 71.6 Å². The predicted octanol–water partition coefficient (Wildman–Crippen LogP) is 5.44. The first-order valence-corrected chi connectivity index (χ1v) is 11.3. The highest BCUT2D eigenvalue weighted by Gasteiger charge is 2.27. The van der Waals surface area contributed by atoms with Gasteiger partial charge in [0.2, 0.25) is 5.91 Å². The second-order valence-electron chi connectivity index (χ2n) is 6.84. The van der Waals surface area contributed by atoms with Crippen molar-refractivity contribution in [2.75, 3.05) is 16.2 Å². The maximum Gasteiger partial charge on any atom is 0.264 e. The monoisotopic (exact) mass is 462 g/mol. The van der Waals surface area contributed by atoms with Gasteiger partial charge in [-0.2, -0.15) is 0 Å². The number of carbonyl (C=O) groups is 1. The summed E-state index contributed by atoms with van der Waals surface area (Å²) in [5.74, 6) is -0.545. The van der Waals surface area contributed by atoms with Crippen LogP contribution in [0.5, 0.6) is 0 Å². The number of nitrogens with zero attached hydrogens (tertiary/aromatic N) is 1. The summed E-state index contributed by atoms with van der Waals surface area (Å²) >= 11 is 12.1. The van der Waals surface area contributed by atoms with Crippen molar-refractivity contribution in [1.29, 1.82) is 0 Å². The molecule has 0 spiro atoms. The van der Waals surface area contributed by atoms with Gasteiger partial charge < -0.3 is 5.32 Å². The number of amides is 1. The van der Waals surface area contributed by atoms with E-state index < -0.39 is 22.5 Å². The Kier molecular flexibility index (Phi) is 6.71. The van der Waals surface area contributed by atoms with E-state index in [0.717, 1.165) is 15.4 Å². The van der Waals surface area contributed by atoms with E-state index >= 15 is 0 Å². The highest BCUT2D eigenvalue weighted by Crippen LogP contribution is 2.27. The van der Waals surface area contributed by atoms with Crippen LogP contribution < -0.4 is 9.62 Å². The zero-order valence-electron chi connectivity index (χ0n) is 16.4. The number of aryl methyl sites for hydroxylation is 2. The fraction of sp³-hybridized carbons (Fsp3) is 0.136. The number of hydrogen-bond acceptors (Lipinski definition) is 3. The minimum absolute atomic E-state index is 0.100. The van der Waals surface area contributed by atoms with Crippen molar-refractivity contribution in [3.05, 3.63) is 87.9 Å². The van der Waals surface area contributed by atoms with Gasteiger partial charge in [-0.1, -0.05) is 53.0 Å². The van der Waals surface area contributed by atoms with Crippen LogP contribution in [0.3, 0.4) is 0 Å². The van der Waals surface area contributed by atoms with Crippen LogP contribution in [0, 0.1) is 13.8 Å². The quantitative estimate of drug-likeness (QED) is 0.529. The number of hydrogen-bond donors (Lipinski definition) is 1. The normalized spacial score (nSPS) is 11.2. The molecule has 0 aromatic heterocycles. The lowest BCUT2D eigenvalue weighted by Gasteiger charge is -2.24. The topological polar surface area (TPSA) is 66.5 Å². The predicted molar refractivity (Wildman–Crippen MR) is 122 cm³/mol. The van der Waals surface area contributed by atoms with Gasteiger partial charge in [-0.15, -0.1) is 0 Å². The van der Waals surface area contributed by atoms with Gasteiger partial charge in [0.25, 0.3) is 10.0 Å². The second kappa shape index (κ2) is 9.08. The molecule has 8 heteroatoms. The molecular formula is C22H20Cl2N2O3S. The molecule has 0 aliphatic heterocycles. The summed E-state index contributed by atoms with van der Waals surface area (Å²) in [5.41, 5.74) is 2.51. The standard InChI is InChI=1S/C22H20Cl2N2O3S/c1-15-6-9-19(10-7-15)30(28,29)26(18-5-3-4-16(2)12-18)14-22(27)25-21-13-17(23)8-11-20(21)24/h3-13H,14H2,1-2H3,(H,25,27). The van der Waals surface area contributed by atoms with Gasteiger partial charge in [-0.25, -0.2) is 8.42 Å². The number of anilines is 2. The van der Waals surface area contributed by atoms with Crippen molar-refractivity contribution in [1.82, 2.24) is 0 Å². The van der Waals surface area contributed by atoms with Gasteiger partial charge in [-0.3, -0.25) is 9.10 Å². The van der Waals surface area contributed by atoms with E-state index in [1.54, 1.807) is 42.5 Å². The second-order valence-corrected chi connectivity index (χ2v) is 9.54. The highest BCUT2D eigenvalue weighted by atomic mass is 35.5. The number of sulfonamides is 1. The Labute approximate surface area is 186 Å². The summed E-state index contributed by atoms with van der Waals surface area (Å²) in [6.07, 6.45) is 0. The van der Waals surface area contributed by atoms with E-state index in [-0.39, 0.29) is 4.90 Å². The third-order valence-corrected chi connectivity index (χ3v) is 6.74. The Morgan fingerprint density at radius 3 is 2.30 bits per heavy atom. The molecule has 3 aromatic rings. The van der Waals surface area contributed by atoms with Crippen molar-refractivity contribution in [3.63, 3.8) is 0 Å². The van der Waals surface area contributed by atoms with Crippen molar-refractivity contribution in [2.24, 2.45) is 0 Å².